The van der Waals surface area contributed by atoms with Gasteiger partial charge >= 0.3 is 0 Å². The molecule has 3 rings (SSSR count). The molecule has 4 heteroatoms. The van der Waals surface area contributed by atoms with Crippen LogP contribution >= 0.6 is 11.3 Å². The van der Waals surface area contributed by atoms with Crippen LogP contribution in [0.4, 0.5) is 0 Å². The van der Waals surface area contributed by atoms with E-state index in [1.54, 1.807) is 11.3 Å². The second-order valence-corrected chi connectivity index (χ2v) is 5.75. The minimum absolute atomic E-state index is 0.0853. The number of rotatable bonds is 1. The molecule has 0 aromatic carbocycles. The highest BCUT2D eigenvalue weighted by Gasteiger charge is 2.32. The first-order valence-corrected chi connectivity index (χ1v) is 7.05. The first kappa shape index (κ1) is 11.5. The van der Waals surface area contributed by atoms with Crippen molar-refractivity contribution in [3.63, 3.8) is 0 Å². The van der Waals surface area contributed by atoms with E-state index >= 15 is 0 Å². The Hall–Kier alpha value is -1.55. The van der Waals surface area contributed by atoms with E-state index in [1.807, 2.05) is 0 Å². The van der Waals surface area contributed by atoms with Gasteiger partial charge in [-0.3, -0.25) is 4.79 Å². The smallest absolute Gasteiger partial charge is 0.224 e. The number of nitrogens with zero attached hydrogens (tertiary/aromatic N) is 1. The van der Waals surface area contributed by atoms with Gasteiger partial charge in [0.25, 0.3) is 0 Å². The van der Waals surface area contributed by atoms with Crippen molar-refractivity contribution in [2.45, 2.75) is 31.8 Å². The van der Waals surface area contributed by atoms with E-state index in [0.717, 1.165) is 30.8 Å². The molecular weight excluding hydrogens is 244 g/mol. The third-order valence-corrected chi connectivity index (χ3v) is 4.66. The van der Waals surface area contributed by atoms with Crippen molar-refractivity contribution in [3.05, 3.63) is 40.7 Å². The predicted octanol–water partition coefficient (Wildman–Crippen LogP) is 2.72. The lowest BCUT2D eigenvalue weighted by atomic mass is 10.1. The van der Waals surface area contributed by atoms with Crippen LogP contribution in [0.3, 0.4) is 0 Å². The molecule has 18 heavy (non-hydrogen) atoms. The van der Waals surface area contributed by atoms with Gasteiger partial charge in [-0.15, -0.1) is 11.3 Å². The Kier molecular flexibility index (Phi) is 2.74. The molecule has 1 amide bonds. The van der Waals surface area contributed by atoms with E-state index in [9.17, 15) is 4.79 Å². The van der Waals surface area contributed by atoms with Gasteiger partial charge in [0.05, 0.1) is 10.9 Å². The first-order valence-electron chi connectivity index (χ1n) is 6.18. The summed E-state index contributed by atoms with van der Waals surface area (Å²) in [5, 5.41) is 5.00. The molecule has 0 radical (unpaired) electrons. The van der Waals surface area contributed by atoms with E-state index in [1.165, 1.54) is 10.4 Å². The van der Waals surface area contributed by atoms with Crippen molar-refractivity contribution in [1.29, 1.82) is 0 Å². The summed E-state index contributed by atoms with van der Waals surface area (Å²) in [5.41, 5.74) is 3.23. The van der Waals surface area contributed by atoms with Crippen LogP contribution in [0, 0.1) is 0 Å². The maximum Gasteiger partial charge on any atom is 0.224 e. The fraction of sp³-hybridized carbons (Fsp3) is 0.357. The van der Waals surface area contributed by atoms with Gasteiger partial charge in [0.15, 0.2) is 0 Å². The lowest BCUT2D eigenvalue weighted by molar-refractivity contribution is -0.120. The van der Waals surface area contributed by atoms with E-state index in [0.29, 0.717) is 6.42 Å². The van der Waals surface area contributed by atoms with Crippen LogP contribution in [-0.2, 0) is 11.3 Å². The van der Waals surface area contributed by atoms with Gasteiger partial charge in [0.1, 0.15) is 0 Å². The topological polar surface area (TPSA) is 32.3 Å². The molecule has 2 aliphatic heterocycles. The summed E-state index contributed by atoms with van der Waals surface area (Å²) in [6.07, 6.45) is 2.47. The van der Waals surface area contributed by atoms with E-state index in [4.69, 9.17) is 0 Å². The Morgan fingerprint density at radius 1 is 1.44 bits per heavy atom. The molecule has 94 valence electrons. The minimum atomic E-state index is 0.0853. The van der Waals surface area contributed by atoms with Crippen molar-refractivity contribution < 1.29 is 4.79 Å². The van der Waals surface area contributed by atoms with Crippen molar-refractivity contribution in [1.82, 2.24) is 10.2 Å². The third kappa shape index (κ3) is 1.77. The van der Waals surface area contributed by atoms with Crippen molar-refractivity contribution in [2.75, 3.05) is 0 Å². The molecule has 0 saturated carbocycles. The fourth-order valence-electron chi connectivity index (χ4n) is 2.72. The van der Waals surface area contributed by atoms with Gasteiger partial charge < -0.3 is 10.2 Å². The summed E-state index contributed by atoms with van der Waals surface area (Å²) in [6.45, 7) is 9.10. The summed E-state index contributed by atoms with van der Waals surface area (Å²) in [7, 11) is 0. The lowest BCUT2D eigenvalue weighted by Crippen LogP contribution is -2.36. The summed E-state index contributed by atoms with van der Waals surface area (Å²) < 4.78 is 0. The lowest BCUT2D eigenvalue weighted by Gasteiger charge is -2.30. The van der Waals surface area contributed by atoms with Gasteiger partial charge in [0.2, 0.25) is 5.91 Å². The van der Waals surface area contributed by atoms with Gasteiger partial charge in [-0.05, 0) is 29.9 Å². The van der Waals surface area contributed by atoms with Crippen molar-refractivity contribution in [3.8, 4) is 0 Å². The second kappa shape index (κ2) is 4.28. The van der Waals surface area contributed by atoms with Crippen LogP contribution in [-0.4, -0.2) is 16.8 Å². The number of fused-ring (bicyclic) bond motifs is 1. The SMILES string of the molecule is C=C1NC(=O)CCC[C@@H]1N1Cc2ccsc2C1=C. The molecule has 0 bridgehead atoms. The number of carbonyl (C=O) groups excluding carboxylic acids is 1. The zero-order chi connectivity index (χ0) is 12.7. The van der Waals surface area contributed by atoms with E-state index < -0.39 is 0 Å². The van der Waals surface area contributed by atoms with Crippen LogP contribution in [0.15, 0.2) is 30.3 Å². The number of hydrogen-bond donors (Lipinski definition) is 1. The second-order valence-electron chi connectivity index (χ2n) is 4.83. The first-order chi connectivity index (χ1) is 8.66. The third-order valence-electron chi connectivity index (χ3n) is 3.66. The van der Waals surface area contributed by atoms with Gasteiger partial charge in [0, 0.05) is 24.4 Å². The molecule has 0 spiro atoms. The molecule has 2 aliphatic rings. The minimum Gasteiger partial charge on any atom is -0.358 e. The van der Waals surface area contributed by atoms with Crippen LogP contribution in [0.2, 0.25) is 0 Å². The summed E-state index contributed by atoms with van der Waals surface area (Å²) >= 11 is 1.74. The average molecular weight is 260 g/mol. The Labute approximate surface area is 111 Å². The Bertz CT molecular complexity index is 532. The highest BCUT2D eigenvalue weighted by Crippen LogP contribution is 2.39. The summed E-state index contributed by atoms with van der Waals surface area (Å²) in [4.78, 5) is 15.0. The fourth-order valence-corrected chi connectivity index (χ4v) is 3.63. The summed E-state index contributed by atoms with van der Waals surface area (Å²) in [6, 6.07) is 2.34. The highest BCUT2D eigenvalue weighted by molar-refractivity contribution is 7.11. The molecule has 1 aromatic rings. The predicted molar refractivity (Wildman–Crippen MR) is 73.8 cm³/mol. The number of thiophene rings is 1. The van der Waals surface area contributed by atoms with E-state index in [-0.39, 0.29) is 11.9 Å². The summed E-state index contributed by atoms with van der Waals surface area (Å²) in [5.74, 6) is 0.0853. The standard InChI is InChI=1S/C14H16N2OS/c1-9-12(4-3-5-13(17)15-9)16-8-11-6-7-18-14(11)10(16)2/h6-7,12H,1-5,8H2,(H,15,17)/t12-/m0/s1. The molecule has 1 aromatic heterocycles. The van der Waals surface area contributed by atoms with Gasteiger partial charge in [-0.25, -0.2) is 0 Å². The average Bonchev–Trinajstić information content (AvgIpc) is 2.84. The molecule has 1 N–H and O–H groups in total. The molecule has 1 atom stereocenters. The zero-order valence-corrected chi connectivity index (χ0v) is 11.1. The number of hydrogen-bond acceptors (Lipinski definition) is 3. The van der Waals surface area contributed by atoms with Crippen LogP contribution in [0.1, 0.15) is 29.7 Å². The van der Waals surface area contributed by atoms with Crippen molar-refractivity contribution in [2.24, 2.45) is 0 Å². The molecule has 3 heterocycles. The molecule has 1 saturated heterocycles. The van der Waals surface area contributed by atoms with Crippen LogP contribution < -0.4 is 5.32 Å². The Morgan fingerprint density at radius 3 is 3.06 bits per heavy atom. The van der Waals surface area contributed by atoms with Crippen molar-refractivity contribution >= 4 is 22.9 Å². The normalized spacial score (nSPS) is 23.9. The molecule has 0 aliphatic carbocycles. The maximum atomic E-state index is 11.5. The number of nitrogens with one attached hydrogen (secondary N) is 1. The van der Waals surface area contributed by atoms with Crippen LogP contribution in [0.5, 0.6) is 0 Å². The molecule has 3 nitrogen and oxygen atoms in total. The molecular formula is C14H16N2OS. The maximum absolute atomic E-state index is 11.5. The monoisotopic (exact) mass is 260 g/mol. The Morgan fingerprint density at radius 2 is 2.28 bits per heavy atom. The van der Waals surface area contributed by atoms with E-state index in [2.05, 4.69) is 34.8 Å². The number of amides is 1. The highest BCUT2D eigenvalue weighted by atomic mass is 32.1. The quantitative estimate of drug-likeness (QED) is 0.842. The molecule has 0 unspecified atom stereocenters. The zero-order valence-electron chi connectivity index (χ0n) is 10.2. The Balaban J connectivity index is 1.84. The molecule has 1 fully saturated rings. The van der Waals surface area contributed by atoms with Gasteiger partial charge in [-0.1, -0.05) is 13.2 Å². The number of carbonyl (C=O) groups is 1. The van der Waals surface area contributed by atoms with Crippen LogP contribution in [0.25, 0.3) is 5.70 Å². The van der Waals surface area contributed by atoms with Gasteiger partial charge in [-0.2, -0.15) is 0 Å². The largest absolute Gasteiger partial charge is 0.358 e.